The number of non-ortho nitro benzene ring substituents is 1. The van der Waals surface area contributed by atoms with Crippen molar-refractivity contribution < 1.29 is 9.85 Å². The molecule has 0 aromatic heterocycles. The Hall–Kier alpha value is -2.02. The second-order valence-corrected chi connectivity index (χ2v) is 4.72. The summed E-state index contributed by atoms with van der Waals surface area (Å²) in [5, 5.41) is 24.8. The molecule has 0 aliphatic heterocycles. The van der Waals surface area contributed by atoms with Gasteiger partial charge in [-0.15, -0.1) is 0 Å². The van der Waals surface area contributed by atoms with Crippen molar-refractivity contribution in [3.8, 4) is 0 Å². The van der Waals surface area contributed by atoms with Crippen molar-refractivity contribution in [2.45, 2.75) is 32.4 Å². The predicted octanol–water partition coefficient (Wildman–Crippen LogP) is 2.39. The number of nitrogens with one attached hydrogen (secondary N) is 1. The Morgan fingerprint density at radius 2 is 2.05 bits per heavy atom. The molecular weight excluding hydrogens is 250 g/mol. The number of nitro groups is 2. The summed E-state index contributed by atoms with van der Waals surface area (Å²) in [5.74, 6) is 0.650. The van der Waals surface area contributed by atoms with Gasteiger partial charge in [-0.05, 0) is 18.4 Å². The van der Waals surface area contributed by atoms with E-state index >= 15 is 0 Å². The maximum absolute atomic E-state index is 10.9. The van der Waals surface area contributed by atoms with Crippen LogP contribution in [0.5, 0.6) is 0 Å². The first-order chi connectivity index (χ1) is 9.02. The van der Waals surface area contributed by atoms with E-state index in [1.165, 1.54) is 12.1 Å². The van der Waals surface area contributed by atoms with Gasteiger partial charge in [-0.1, -0.05) is 13.3 Å². The molecule has 7 nitrogen and oxygen atoms in total. The van der Waals surface area contributed by atoms with Crippen molar-refractivity contribution in [2.24, 2.45) is 5.92 Å². The van der Waals surface area contributed by atoms with E-state index in [0.717, 1.165) is 18.9 Å². The van der Waals surface area contributed by atoms with Crippen LogP contribution in [0.15, 0.2) is 18.2 Å². The summed E-state index contributed by atoms with van der Waals surface area (Å²) >= 11 is 0. The van der Waals surface area contributed by atoms with Gasteiger partial charge in [-0.2, -0.15) is 0 Å². The standard InChI is InChI=1S/C12H15N3O4/c1-2-8-5-11(8)13-7-9-3-4-10(14(16)17)6-12(9)15(18)19/h3-4,6,8,11,13H,2,5,7H2,1H3. The van der Waals surface area contributed by atoms with E-state index in [2.05, 4.69) is 12.2 Å². The Bertz CT molecular complexity index is 518. The summed E-state index contributed by atoms with van der Waals surface area (Å²) in [7, 11) is 0. The minimum Gasteiger partial charge on any atom is -0.309 e. The minimum atomic E-state index is -0.627. The molecule has 0 bridgehead atoms. The molecule has 1 saturated carbocycles. The summed E-state index contributed by atoms with van der Waals surface area (Å²) in [6.45, 7) is 2.48. The van der Waals surface area contributed by atoms with Gasteiger partial charge in [0, 0.05) is 24.2 Å². The summed E-state index contributed by atoms with van der Waals surface area (Å²) in [5.41, 5.74) is 0.0288. The van der Waals surface area contributed by atoms with Crippen molar-refractivity contribution in [2.75, 3.05) is 0 Å². The van der Waals surface area contributed by atoms with Crippen LogP contribution in [-0.2, 0) is 6.54 Å². The van der Waals surface area contributed by atoms with E-state index in [0.29, 0.717) is 24.1 Å². The molecule has 19 heavy (non-hydrogen) atoms. The van der Waals surface area contributed by atoms with Gasteiger partial charge in [0.2, 0.25) is 0 Å². The third kappa shape index (κ3) is 3.05. The zero-order chi connectivity index (χ0) is 14.0. The van der Waals surface area contributed by atoms with Crippen LogP contribution < -0.4 is 5.32 Å². The van der Waals surface area contributed by atoms with Gasteiger partial charge in [0.25, 0.3) is 11.4 Å². The Labute approximate surface area is 109 Å². The van der Waals surface area contributed by atoms with Crippen molar-refractivity contribution in [1.82, 2.24) is 5.32 Å². The van der Waals surface area contributed by atoms with Crippen LogP contribution in [0.2, 0.25) is 0 Å². The van der Waals surface area contributed by atoms with Gasteiger partial charge in [-0.25, -0.2) is 0 Å². The van der Waals surface area contributed by atoms with Crippen LogP contribution >= 0.6 is 0 Å². The van der Waals surface area contributed by atoms with Gasteiger partial charge < -0.3 is 5.32 Å². The molecule has 1 N–H and O–H groups in total. The van der Waals surface area contributed by atoms with E-state index < -0.39 is 9.85 Å². The lowest BCUT2D eigenvalue weighted by molar-refractivity contribution is -0.394. The number of rotatable bonds is 6. The van der Waals surface area contributed by atoms with E-state index in [9.17, 15) is 20.2 Å². The highest BCUT2D eigenvalue weighted by Gasteiger charge is 2.35. The van der Waals surface area contributed by atoms with Gasteiger partial charge in [0.05, 0.1) is 15.9 Å². The van der Waals surface area contributed by atoms with Crippen molar-refractivity contribution >= 4 is 11.4 Å². The molecule has 1 aromatic carbocycles. The molecule has 2 unspecified atom stereocenters. The quantitative estimate of drug-likeness (QED) is 0.629. The fourth-order valence-electron chi connectivity index (χ4n) is 2.18. The zero-order valence-electron chi connectivity index (χ0n) is 10.5. The van der Waals surface area contributed by atoms with Crippen LogP contribution in [0, 0.1) is 26.1 Å². The third-order valence-electron chi connectivity index (χ3n) is 3.48. The molecule has 0 saturated heterocycles. The number of nitrogens with zero attached hydrogens (tertiary/aromatic N) is 2. The van der Waals surface area contributed by atoms with E-state index in [1.807, 2.05) is 0 Å². The summed E-state index contributed by atoms with van der Waals surface area (Å²) in [4.78, 5) is 20.3. The molecule has 1 aliphatic carbocycles. The Morgan fingerprint density at radius 1 is 1.32 bits per heavy atom. The Morgan fingerprint density at radius 3 is 2.58 bits per heavy atom. The molecule has 0 radical (unpaired) electrons. The first-order valence-electron chi connectivity index (χ1n) is 6.18. The van der Waals surface area contributed by atoms with E-state index in [-0.39, 0.29) is 11.4 Å². The lowest BCUT2D eigenvalue weighted by Gasteiger charge is -2.05. The van der Waals surface area contributed by atoms with Gasteiger partial charge >= 0.3 is 0 Å². The number of nitro benzene ring substituents is 2. The fourth-order valence-corrected chi connectivity index (χ4v) is 2.18. The maximum atomic E-state index is 10.9. The predicted molar refractivity (Wildman–Crippen MR) is 68.8 cm³/mol. The summed E-state index contributed by atoms with van der Waals surface area (Å²) < 4.78 is 0. The monoisotopic (exact) mass is 265 g/mol. The topological polar surface area (TPSA) is 98.3 Å². The fraction of sp³-hybridized carbons (Fsp3) is 0.500. The van der Waals surface area contributed by atoms with Crippen LogP contribution in [0.4, 0.5) is 11.4 Å². The first-order valence-corrected chi connectivity index (χ1v) is 6.18. The van der Waals surface area contributed by atoms with Crippen LogP contribution in [0.1, 0.15) is 25.3 Å². The summed E-state index contributed by atoms with van der Waals surface area (Å²) in [6.07, 6.45) is 2.19. The van der Waals surface area contributed by atoms with Crippen LogP contribution in [0.3, 0.4) is 0 Å². The average molecular weight is 265 g/mol. The smallest absolute Gasteiger partial charge is 0.280 e. The third-order valence-corrected chi connectivity index (χ3v) is 3.48. The lowest BCUT2D eigenvalue weighted by atomic mass is 10.1. The van der Waals surface area contributed by atoms with Crippen LogP contribution in [0.25, 0.3) is 0 Å². The Kier molecular flexibility index (Phi) is 3.75. The van der Waals surface area contributed by atoms with Gasteiger partial charge in [-0.3, -0.25) is 20.2 Å². The SMILES string of the molecule is CCC1CC1NCc1ccc([N+](=O)[O-])cc1[N+](=O)[O-]. The van der Waals surface area contributed by atoms with Gasteiger partial charge in [0.15, 0.2) is 0 Å². The van der Waals surface area contributed by atoms with E-state index in [1.54, 1.807) is 0 Å². The first kappa shape index (κ1) is 13.4. The Balaban J connectivity index is 2.11. The zero-order valence-corrected chi connectivity index (χ0v) is 10.5. The highest BCUT2D eigenvalue weighted by Crippen LogP contribution is 2.34. The minimum absolute atomic E-state index is 0.199. The summed E-state index contributed by atoms with van der Waals surface area (Å²) in [6, 6.07) is 4.18. The highest BCUT2D eigenvalue weighted by atomic mass is 16.6. The van der Waals surface area contributed by atoms with Crippen LogP contribution in [-0.4, -0.2) is 15.9 Å². The number of hydrogen-bond acceptors (Lipinski definition) is 5. The number of hydrogen-bond donors (Lipinski definition) is 1. The molecule has 0 amide bonds. The maximum Gasteiger partial charge on any atom is 0.280 e. The average Bonchev–Trinajstić information content (AvgIpc) is 3.14. The van der Waals surface area contributed by atoms with E-state index in [4.69, 9.17) is 0 Å². The molecule has 1 aliphatic rings. The highest BCUT2D eigenvalue weighted by molar-refractivity contribution is 5.49. The molecular formula is C12H15N3O4. The van der Waals surface area contributed by atoms with Crippen molar-refractivity contribution in [3.63, 3.8) is 0 Å². The molecule has 1 aromatic rings. The molecule has 102 valence electrons. The largest absolute Gasteiger partial charge is 0.309 e. The lowest BCUT2D eigenvalue weighted by Crippen LogP contribution is -2.18. The molecule has 0 heterocycles. The number of benzene rings is 1. The van der Waals surface area contributed by atoms with Gasteiger partial charge in [0.1, 0.15) is 0 Å². The normalized spacial score (nSPS) is 21.1. The molecule has 0 spiro atoms. The molecule has 1 fully saturated rings. The second-order valence-electron chi connectivity index (χ2n) is 4.72. The molecule has 7 heteroatoms. The molecule has 2 rings (SSSR count). The van der Waals surface area contributed by atoms with Crippen molar-refractivity contribution in [3.05, 3.63) is 44.0 Å². The molecule has 2 atom stereocenters. The van der Waals surface area contributed by atoms with Crippen molar-refractivity contribution in [1.29, 1.82) is 0 Å². The second kappa shape index (κ2) is 5.31.